The third-order valence-corrected chi connectivity index (χ3v) is 5.76. The highest BCUT2D eigenvalue weighted by atomic mass is 16.5. The lowest BCUT2D eigenvalue weighted by Crippen LogP contribution is -2.39. The molecular formula is C18H15NO5. The van der Waals surface area contributed by atoms with E-state index in [9.17, 15) is 14.4 Å². The lowest BCUT2D eigenvalue weighted by molar-refractivity contribution is -0.146. The van der Waals surface area contributed by atoms with E-state index in [2.05, 4.69) is 0 Å². The fourth-order valence-electron chi connectivity index (χ4n) is 4.63. The van der Waals surface area contributed by atoms with Crippen LogP contribution in [0.1, 0.15) is 30.8 Å². The summed E-state index contributed by atoms with van der Waals surface area (Å²) in [5.41, 5.74) is -0.300. The molecule has 4 heterocycles. The summed E-state index contributed by atoms with van der Waals surface area (Å²) in [5.74, 6) is -1.34. The summed E-state index contributed by atoms with van der Waals surface area (Å²) in [5, 5.41) is 0.473. The summed E-state index contributed by atoms with van der Waals surface area (Å²) in [6.45, 7) is 1.89. The number of hydrogen-bond acceptors (Lipinski definition) is 5. The highest BCUT2D eigenvalue weighted by molar-refractivity contribution is 6.06. The van der Waals surface area contributed by atoms with Gasteiger partial charge in [0, 0.05) is 7.05 Å². The van der Waals surface area contributed by atoms with E-state index < -0.39 is 23.5 Å². The molecule has 122 valence electrons. The number of carbonyl (C=O) groups is 2. The largest absolute Gasteiger partial charge is 0.457 e. The summed E-state index contributed by atoms with van der Waals surface area (Å²) >= 11 is 0. The number of hydrogen-bond donors (Lipinski definition) is 0. The van der Waals surface area contributed by atoms with Gasteiger partial charge in [0.05, 0.1) is 22.8 Å². The van der Waals surface area contributed by atoms with Gasteiger partial charge >= 0.3 is 0 Å². The van der Waals surface area contributed by atoms with Crippen molar-refractivity contribution in [2.75, 3.05) is 7.05 Å². The minimum atomic E-state index is -1.02. The molecule has 0 N–H and O–H groups in total. The maximum absolute atomic E-state index is 13.0. The predicted molar refractivity (Wildman–Crippen MR) is 83.0 cm³/mol. The second kappa shape index (κ2) is 4.13. The predicted octanol–water partition coefficient (Wildman–Crippen LogP) is 1.71. The quantitative estimate of drug-likeness (QED) is 0.746. The third-order valence-electron chi connectivity index (χ3n) is 5.76. The first-order chi connectivity index (χ1) is 11.5. The van der Waals surface area contributed by atoms with Crippen molar-refractivity contribution >= 4 is 22.8 Å². The van der Waals surface area contributed by atoms with Crippen molar-refractivity contribution in [3.63, 3.8) is 0 Å². The van der Waals surface area contributed by atoms with Crippen LogP contribution in [0.5, 0.6) is 0 Å². The maximum atomic E-state index is 13.0. The third kappa shape index (κ3) is 1.27. The average molecular weight is 325 g/mol. The molecule has 24 heavy (non-hydrogen) atoms. The van der Waals surface area contributed by atoms with Crippen molar-refractivity contribution in [2.45, 2.75) is 25.0 Å². The van der Waals surface area contributed by atoms with Gasteiger partial charge in [-0.05, 0) is 18.6 Å². The van der Waals surface area contributed by atoms with E-state index >= 15 is 0 Å². The second-order valence-corrected chi connectivity index (χ2v) is 6.69. The first-order valence-electron chi connectivity index (χ1n) is 8.06. The van der Waals surface area contributed by atoms with Crippen molar-refractivity contribution in [3.05, 3.63) is 45.8 Å². The number of amides is 2. The molecule has 2 fully saturated rings. The van der Waals surface area contributed by atoms with Gasteiger partial charge in [-0.15, -0.1) is 0 Å². The Morgan fingerprint density at radius 2 is 1.92 bits per heavy atom. The van der Waals surface area contributed by atoms with Gasteiger partial charge in [0.15, 0.2) is 5.43 Å². The van der Waals surface area contributed by atoms with Gasteiger partial charge in [0.2, 0.25) is 11.8 Å². The molecule has 0 spiro atoms. The molecule has 5 rings (SSSR count). The van der Waals surface area contributed by atoms with Crippen LogP contribution in [-0.2, 0) is 19.9 Å². The molecule has 1 aromatic heterocycles. The van der Waals surface area contributed by atoms with Crippen LogP contribution in [0.3, 0.4) is 0 Å². The number of imide groups is 1. The molecule has 2 amide bonds. The van der Waals surface area contributed by atoms with Crippen molar-refractivity contribution in [1.29, 1.82) is 0 Å². The zero-order valence-corrected chi connectivity index (χ0v) is 13.2. The van der Waals surface area contributed by atoms with Crippen LogP contribution in [-0.4, -0.2) is 23.8 Å². The topological polar surface area (TPSA) is 76.8 Å². The lowest BCUT2D eigenvalue weighted by atomic mass is 9.71. The Hall–Kier alpha value is -2.47. The number of benzene rings is 1. The standard InChI is InChI=1S/C18H15NO5/c1-3-18-12-10(16(21)19(2)17(12)22)14(24-18)11-13(20)8-6-4-5-7-9(8)23-15(11)18/h4-7,10,12,14H,3H2,1-2H3/t10-,12-,14+,18-/m1/s1. The molecule has 2 saturated heterocycles. The van der Waals surface area contributed by atoms with Crippen LogP contribution in [0, 0.1) is 11.8 Å². The maximum Gasteiger partial charge on any atom is 0.236 e. The summed E-state index contributed by atoms with van der Waals surface area (Å²) < 4.78 is 12.2. The van der Waals surface area contributed by atoms with Crippen LogP contribution in [0.25, 0.3) is 11.0 Å². The Bertz CT molecular complexity index is 993. The molecule has 0 aliphatic carbocycles. The Labute approximate surface area is 137 Å². The molecule has 2 aromatic rings. The van der Waals surface area contributed by atoms with Crippen LogP contribution >= 0.6 is 0 Å². The molecule has 3 aliphatic heterocycles. The minimum Gasteiger partial charge on any atom is -0.457 e. The van der Waals surface area contributed by atoms with Gasteiger partial charge in [-0.3, -0.25) is 19.3 Å². The van der Waals surface area contributed by atoms with Crippen LogP contribution in [0.2, 0.25) is 0 Å². The molecule has 4 atom stereocenters. The zero-order chi connectivity index (χ0) is 16.8. The van der Waals surface area contributed by atoms with Crippen molar-refractivity contribution < 1.29 is 18.7 Å². The second-order valence-electron chi connectivity index (χ2n) is 6.69. The van der Waals surface area contributed by atoms with E-state index in [1.54, 1.807) is 24.3 Å². The Kier molecular flexibility index (Phi) is 2.40. The molecule has 6 heteroatoms. The highest BCUT2D eigenvalue weighted by Gasteiger charge is 2.72. The van der Waals surface area contributed by atoms with Crippen molar-refractivity contribution in [1.82, 2.24) is 4.90 Å². The van der Waals surface area contributed by atoms with Crippen molar-refractivity contribution in [2.24, 2.45) is 11.8 Å². The van der Waals surface area contributed by atoms with Gasteiger partial charge in [0.1, 0.15) is 23.0 Å². The fourth-order valence-corrected chi connectivity index (χ4v) is 4.63. The summed E-state index contributed by atoms with van der Waals surface area (Å²) in [4.78, 5) is 39.3. The Morgan fingerprint density at radius 3 is 2.67 bits per heavy atom. The fraction of sp³-hybridized carbons (Fsp3) is 0.389. The Morgan fingerprint density at radius 1 is 1.17 bits per heavy atom. The van der Waals surface area contributed by atoms with Gasteiger partial charge < -0.3 is 9.15 Å². The highest BCUT2D eigenvalue weighted by Crippen LogP contribution is 2.64. The zero-order valence-electron chi connectivity index (χ0n) is 13.2. The number of likely N-dealkylation sites (tertiary alicyclic amines) is 1. The van der Waals surface area contributed by atoms with Gasteiger partial charge in [-0.25, -0.2) is 0 Å². The number of carbonyl (C=O) groups excluding carboxylic acids is 2. The van der Waals surface area contributed by atoms with E-state index in [1.165, 1.54) is 7.05 Å². The first kappa shape index (κ1) is 13.9. The van der Waals surface area contributed by atoms with E-state index in [0.717, 1.165) is 4.90 Å². The van der Waals surface area contributed by atoms with E-state index in [-0.39, 0.29) is 17.2 Å². The van der Waals surface area contributed by atoms with Gasteiger partial charge in [-0.1, -0.05) is 19.1 Å². The molecule has 0 radical (unpaired) electrons. The minimum absolute atomic E-state index is 0.166. The number of para-hydroxylation sites is 1. The summed E-state index contributed by atoms with van der Waals surface area (Å²) in [6, 6.07) is 7.01. The molecule has 0 unspecified atom stereocenters. The van der Waals surface area contributed by atoms with Crippen LogP contribution < -0.4 is 5.43 Å². The number of nitrogens with zero attached hydrogens (tertiary/aromatic N) is 1. The van der Waals surface area contributed by atoms with Crippen molar-refractivity contribution in [3.8, 4) is 0 Å². The van der Waals surface area contributed by atoms with E-state index in [0.29, 0.717) is 28.7 Å². The average Bonchev–Trinajstić information content (AvgIpc) is 3.18. The normalized spacial score (nSPS) is 33.4. The molecule has 0 saturated carbocycles. The number of rotatable bonds is 1. The molecule has 3 aliphatic rings. The van der Waals surface area contributed by atoms with E-state index in [4.69, 9.17) is 9.15 Å². The SMILES string of the molecule is CC[C@]12O[C@H](c3c1oc1ccccc1c3=O)[C@@H]1C(=O)N(C)C(=O)[C@@H]12. The Balaban J connectivity index is 1.87. The number of ether oxygens (including phenoxy) is 1. The summed E-state index contributed by atoms with van der Waals surface area (Å²) in [7, 11) is 1.49. The van der Waals surface area contributed by atoms with E-state index in [1.807, 2.05) is 6.92 Å². The van der Waals surface area contributed by atoms with Gasteiger partial charge in [0.25, 0.3) is 0 Å². The molecule has 2 bridgehead atoms. The van der Waals surface area contributed by atoms with Gasteiger partial charge in [-0.2, -0.15) is 0 Å². The lowest BCUT2D eigenvalue weighted by Gasteiger charge is -2.29. The number of fused-ring (bicyclic) bond motifs is 9. The monoisotopic (exact) mass is 325 g/mol. The smallest absolute Gasteiger partial charge is 0.236 e. The van der Waals surface area contributed by atoms with Crippen LogP contribution in [0.4, 0.5) is 0 Å². The molecule has 1 aromatic carbocycles. The van der Waals surface area contributed by atoms with Crippen LogP contribution in [0.15, 0.2) is 33.5 Å². The first-order valence-corrected chi connectivity index (χ1v) is 8.06. The molecule has 6 nitrogen and oxygen atoms in total. The molecular weight excluding hydrogens is 310 g/mol. The summed E-state index contributed by atoms with van der Waals surface area (Å²) in [6.07, 6.45) is -0.238.